The molecule has 4 rings (SSSR count). The van der Waals surface area contributed by atoms with Crippen molar-refractivity contribution in [1.29, 1.82) is 0 Å². The molecule has 0 saturated carbocycles. The van der Waals surface area contributed by atoms with Gasteiger partial charge in [-0.05, 0) is 29.7 Å². The second-order valence-electron chi connectivity index (χ2n) is 7.19. The summed E-state index contributed by atoms with van der Waals surface area (Å²) in [7, 11) is -5.24. The second kappa shape index (κ2) is 11.5. The molecule has 174 valence electrons. The molecule has 35 heavy (non-hydrogen) atoms. The van der Waals surface area contributed by atoms with Gasteiger partial charge in [0.15, 0.2) is 0 Å². The van der Waals surface area contributed by atoms with Crippen molar-refractivity contribution in [3.8, 4) is 11.3 Å². The number of amides is 1. The fraction of sp³-hybridized carbons (Fsp3) is 0.200. The molecular formula is C20H14F3N2Na2O7P. The minimum atomic E-state index is -5.24. The Labute approximate surface area is 240 Å². The number of aromatic nitrogens is 1. The third kappa shape index (κ3) is 6.98. The predicted octanol–water partition coefficient (Wildman–Crippen LogP) is -3.61. The molecular weight excluding hydrogens is 514 g/mol. The average molecular weight is 528 g/mol. The number of hydrogen-bond acceptors (Lipinski definition) is 7. The van der Waals surface area contributed by atoms with Gasteiger partial charge in [-0.3, -0.25) is 9.69 Å². The number of phosphoric acid groups is 1. The number of carbonyl (C=O) groups is 1. The zero-order valence-electron chi connectivity index (χ0n) is 18.5. The first-order valence-electron chi connectivity index (χ1n) is 9.41. The summed E-state index contributed by atoms with van der Waals surface area (Å²) in [6.07, 6.45) is -6.49. The van der Waals surface area contributed by atoms with Gasteiger partial charge in [-0.1, -0.05) is 24.3 Å². The Morgan fingerprint density at radius 2 is 1.80 bits per heavy atom. The molecule has 0 aliphatic carbocycles. The van der Waals surface area contributed by atoms with E-state index in [0.29, 0.717) is 5.39 Å². The second-order valence-corrected chi connectivity index (χ2v) is 8.34. The van der Waals surface area contributed by atoms with Gasteiger partial charge in [0.1, 0.15) is 6.10 Å². The van der Waals surface area contributed by atoms with Crippen LogP contribution in [0.15, 0.2) is 53.3 Å². The van der Waals surface area contributed by atoms with Crippen LogP contribution in [0.4, 0.5) is 23.7 Å². The first-order valence-corrected chi connectivity index (χ1v) is 10.9. The van der Waals surface area contributed by atoms with Gasteiger partial charge >= 0.3 is 71.4 Å². The Morgan fingerprint density at radius 3 is 2.46 bits per heavy atom. The maximum absolute atomic E-state index is 13.4. The Hall–Kier alpha value is -1.18. The normalized spacial score (nSPS) is 16.0. The fourth-order valence-corrected chi connectivity index (χ4v) is 3.87. The van der Waals surface area contributed by atoms with E-state index in [2.05, 4.69) is 9.51 Å². The van der Waals surface area contributed by atoms with Crippen molar-refractivity contribution >= 4 is 30.4 Å². The standard InChI is InChI=1S/C20H16F3N2O7P.2Na/c21-20(22,23)16-4-2-1-3-14(16)17-7-11-5-6-12(8-15(11)18(26)24-17)25-9-13(32-19(25)27)10-31-33(28,29)30;;/h1-8,13H,9-10H2,(H,24,26)(H2,28,29,30);;/q;2*+1/p-2/t13-;;/m0../s1. The zero-order chi connectivity index (χ0) is 24.0. The molecule has 0 spiro atoms. The van der Waals surface area contributed by atoms with E-state index in [1.54, 1.807) is 0 Å². The minimum absolute atomic E-state index is 0. The summed E-state index contributed by atoms with van der Waals surface area (Å²) < 4.78 is 59.8. The molecule has 0 radical (unpaired) electrons. The van der Waals surface area contributed by atoms with Crippen LogP contribution >= 0.6 is 7.82 Å². The van der Waals surface area contributed by atoms with Crippen LogP contribution in [0, 0.1) is 0 Å². The smallest absolute Gasteiger partial charge is 0.790 e. The number of fused-ring (bicyclic) bond motifs is 1. The van der Waals surface area contributed by atoms with Crippen LogP contribution in [-0.2, 0) is 20.0 Å². The molecule has 1 aromatic heterocycles. The van der Waals surface area contributed by atoms with Crippen molar-refractivity contribution in [3.63, 3.8) is 0 Å². The summed E-state index contributed by atoms with van der Waals surface area (Å²) in [6, 6.07) is 10.5. The van der Waals surface area contributed by atoms with Crippen molar-refractivity contribution in [2.45, 2.75) is 12.3 Å². The summed E-state index contributed by atoms with van der Waals surface area (Å²) in [5, 5.41) is 0.442. The molecule has 15 heteroatoms. The fourth-order valence-electron chi connectivity index (χ4n) is 3.52. The van der Waals surface area contributed by atoms with Crippen LogP contribution in [-0.4, -0.2) is 30.3 Å². The van der Waals surface area contributed by atoms with Gasteiger partial charge in [-0.25, -0.2) is 4.79 Å². The van der Waals surface area contributed by atoms with Gasteiger partial charge in [0.2, 0.25) is 0 Å². The van der Waals surface area contributed by atoms with Gasteiger partial charge in [0, 0.05) is 22.3 Å². The van der Waals surface area contributed by atoms with E-state index in [1.165, 1.54) is 42.5 Å². The molecule has 1 atom stereocenters. The number of alkyl halides is 3. The van der Waals surface area contributed by atoms with E-state index in [0.717, 1.165) is 11.0 Å². The van der Waals surface area contributed by atoms with E-state index in [4.69, 9.17) is 4.74 Å². The Kier molecular flexibility index (Phi) is 9.85. The van der Waals surface area contributed by atoms with Crippen LogP contribution in [0.25, 0.3) is 22.0 Å². The van der Waals surface area contributed by atoms with Crippen LogP contribution in [0.2, 0.25) is 0 Å². The topological polar surface area (TPSA) is 135 Å². The molecule has 1 N–H and O–H groups in total. The van der Waals surface area contributed by atoms with Crippen LogP contribution in [0.5, 0.6) is 0 Å². The molecule has 1 aliphatic heterocycles. The Balaban J connectivity index is 0.00000216. The predicted molar refractivity (Wildman–Crippen MR) is 106 cm³/mol. The number of phosphoric ester groups is 1. The number of H-pyrrole nitrogens is 1. The van der Waals surface area contributed by atoms with Gasteiger partial charge in [0.05, 0.1) is 26.5 Å². The number of hydrogen-bond donors (Lipinski definition) is 1. The van der Waals surface area contributed by atoms with Crippen LogP contribution in [0.3, 0.4) is 0 Å². The summed E-state index contributed by atoms with van der Waals surface area (Å²) >= 11 is 0. The number of pyridine rings is 1. The quantitative estimate of drug-likeness (QED) is 0.267. The van der Waals surface area contributed by atoms with Crippen molar-refractivity contribution in [3.05, 3.63) is 64.4 Å². The number of rotatable bonds is 5. The monoisotopic (exact) mass is 528 g/mol. The number of ether oxygens (including phenoxy) is 1. The largest absolute Gasteiger partial charge is 1.00 e. The third-order valence-corrected chi connectivity index (χ3v) is 5.42. The summed E-state index contributed by atoms with van der Waals surface area (Å²) in [5.74, 6) is 0. The van der Waals surface area contributed by atoms with E-state index < -0.39 is 43.9 Å². The molecule has 1 amide bonds. The number of nitrogens with zero attached hydrogens (tertiary/aromatic N) is 1. The number of carbonyl (C=O) groups excluding carboxylic acids is 1. The number of cyclic esters (lactones) is 1. The summed E-state index contributed by atoms with van der Waals surface area (Å²) in [6.45, 7) is -0.790. The number of halogens is 3. The van der Waals surface area contributed by atoms with Crippen LogP contribution in [0.1, 0.15) is 5.56 Å². The number of nitrogens with one attached hydrogen (secondary N) is 1. The van der Waals surface area contributed by atoms with Crippen molar-refractivity contribution in [1.82, 2.24) is 4.98 Å². The number of aromatic amines is 1. The molecule has 3 aromatic rings. The van der Waals surface area contributed by atoms with Crippen molar-refractivity contribution in [2.24, 2.45) is 0 Å². The first kappa shape index (κ1) is 30.0. The van der Waals surface area contributed by atoms with E-state index in [1.807, 2.05) is 0 Å². The number of anilines is 1. The first-order chi connectivity index (χ1) is 15.4. The maximum atomic E-state index is 13.4. The Bertz CT molecular complexity index is 1350. The van der Waals surface area contributed by atoms with E-state index in [-0.39, 0.29) is 88.0 Å². The molecule has 1 saturated heterocycles. The molecule has 1 fully saturated rings. The molecule has 2 aromatic carbocycles. The average Bonchev–Trinajstić information content (AvgIpc) is 3.11. The van der Waals surface area contributed by atoms with Crippen molar-refractivity contribution in [2.75, 3.05) is 18.1 Å². The minimum Gasteiger partial charge on any atom is -0.790 e. The molecule has 2 heterocycles. The van der Waals surface area contributed by atoms with Crippen molar-refractivity contribution < 1.29 is 101 Å². The van der Waals surface area contributed by atoms with Gasteiger partial charge in [-0.2, -0.15) is 13.2 Å². The van der Waals surface area contributed by atoms with E-state index >= 15 is 0 Å². The maximum Gasteiger partial charge on any atom is 1.00 e. The summed E-state index contributed by atoms with van der Waals surface area (Å²) in [5.41, 5.74) is -1.55. The van der Waals surface area contributed by atoms with E-state index in [9.17, 15) is 37.1 Å². The summed E-state index contributed by atoms with van der Waals surface area (Å²) in [4.78, 5) is 49.6. The third-order valence-electron chi connectivity index (χ3n) is 4.96. The zero-order valence-corrected chi connectivity index (χ0v) is 23.4. The van der Waals surface area contributed by atoms with Gasteiger partial charge in [-0.15, -0.1) is 0 Å². The van der Waals surface area contributed by atoms with Crippen LogP contribution < -0.4 is 79.4 Å². The SMILES string of the molecule is O=C1O[C@H](COP(=O)([O-])[O-])CN1c1ccc2cc(-c3ccccc3C(F)(F)F)[nH]c(=O)c2c1.[Na+].[Na+]. The molecule has 0 unspecified atom stereocenters. The van der Waals surface area contributed by atoms with Gasteiger partial charge < -0.3 is 28.6 Å². The van der Waals surface area contributed by atoms with Gasteiger partial charge in [0.25, 0.3) is 5.56 Å². The Morgan fingerprint density at radius 1 is 1.11 bits per heavy atom. The molecule has 1 aliphatic rings. The number of benzene rings is 2. The molecule has 0 bridgehead atoms. The molecule has 9 nitrogen and oxygen atoms in total.